The van der Waals surface area contributed by atoms with Crippen molar-refractivity contribution in [2.45, 2.75) is 51.1 Å². The summed E-state index contributed by atoms with van der Waals surface area (Å²) in [6.07, 6.45) is 1.90. The fraction of sp³-hybridized carbons (Fsp3) is 0.471. The van der Waals surface area contributed by atoms with Crippen molar-refractivity contribution in [3.63, 3.8) is 0 Å². The van der Waals surface area contributed by atoms with E-state index in [0.29, 0.717) is 23.5 Å². The maximum atomic E-state index is 5.59. The molecule has 0 spiro atoms. The molecule has 0 N–H and O–H groups in total. The first-order chi connectivity index (χ1) is 11.2. The highest BCUT2D eigenvalue weighted by atomic mass is 32.2. The number of benzene rings is 1. The Labute approximate surface area is 140 Å². The number of imidazole rings is 1. The van der Waals surface area contributed by atoms with Gasteiger partial charge in [-0.15, -0.1) is 10.2 Å². The zero-order valence-corrected chi connectivity index (χ0v) is 14.6. The van der Waals surface area contributed by atoms with Crippen LogP contribution in [-0.4, -0.2) is 19.7 Å². The lowest BCUT2D eigenvalue weighted by molar-refractivity contribution is 0.469. The van der Waals surface area contributed by atoms with E-state index in [4.69, 9.17) is 9.40 Å². The molecule has 0 radical (unpaired) electrons. The van der Waals surface area contributed by atoms with E-state index >= 15 is 0 Å². The third kappa shape index (κ3) is 3.75. The molecule has 2 aromatic heterocycles. The predicted octanol–water partition coefficient (Wildman–Crippen LogP) is 4.32. The Balaban J connectivity index is 1.81. The van der Waals surface area contributed by atoms with Gasteiger partial charge in [-0.2, -0.15) is 0 Å². The zero-order chi connectivity index (χ0) is 16.2. The first-order valence-electron chi connectivity index (χ1n) is 8.06. The van der Waals surface area contributed by atoms with E-state index in [2.05, 4.69) is 46.8 Å². The van der Waals surface area contributed by atoms with Crippen LogP contribution in [0, 0.1) is 5.92 Å². The molecular formula is C17H22N4OS. The van der Waals surface area contributed by atoms with Gasteiger partial charge < -0.3 is 8.98 Å². The third-order valence-corrected chi connectivity index (χ3v) is 4.65. The monoisotopic (exact) mass is 330 g/mol. The SMILES string of the molecule is CCc1nnc(CSc2nc3ccccc3n2CCC(C)C)o1. The van der Waals surface area contributed by atoms with Crippen molar-refractivity contribution in [3.05, 3.63) is 36.0 Å². The summed E-state index contributed by atoms with van der Waals surface area (Å²) in [7, 11) is 0. The molecule has 0 aliphatic carbocycles. The highest BCUT2D eigenvalue weighted by Crippen LogP contribution is 2.27. The molecule has 3 rings (SSSR count). The van der Waals surface area contributed by atoms with Crippen LogP contribution in [0.25, 0.3) is 11.0 Å². The maximum absolute atomic E-state index is 5.59. The van der Waals surface area contributed by atoms with Crippen molar-refractivity contribution in [2.24, 2.45) is 5.92 Å². The van der Waals surface area contributed by atoms with Crippen LogP contribution in [0.15, 0.2) is 33.8 Å². The summed E-state index contributed by atoms with van der Waals surface area (Å²) in [6, 6.07) is 8.29. The molecule has 0 aliphatic rings. The number of aryl methyl sites for hydroxylation is 2. The molecule has 1 aromatic carbocycles. The molecule has 23 heavy (non-hydrogen) atoms. The molecule has 0 unspecified atom stereocenters. The van der Waals surface area contributed by atoms with E-state index < -0.39 is 0 Å². The lowest BCUT2D eigenvalue weighted by Crippen LogP contribution is -2.03. The molecule has 0 fully saturated rings. The average Bonchev–Trinajstić information content (AvgIpc) is 3.15. The molecule has 5 nitrogen and oxygen atoms in total. The average molecular weight is 330 g/mol. The molecule has 0 aliphatic heterocycles. The second-order valence-electron chi connectivity index (χ2n) is 5.95. The summed E-state index contributed by atoms with van der Waals surface area (Å²) < 4.78 is 7.89. The van der Waals surface area contributed by atoms with Gasteiger partial charge in [0.2, 0.25) is 11.8 Å². The van der Waals surface area contributed by atoms with Gasteiger partial charge in [0.15, 0.2) is 5.16 Å². The fourth-order valence-corrected chi connectivity index (χ4v) is 3.26. The minimum absolute atomic E-state index is 0.651. The van der Waals surface area contributed by atoms with E-state index in [1.165, 1.54) is 5.52 Å². The van der Waals surface area contributed by atoms with Crippen LogP contribution < -0.4 is 0 Å². The largest absolute Gasteiger partial charge is 0.424 e. The number of para-hydroxylation sites is 2. The Kier molecular flexibility index (Phi) is 5.00. The summed E-state index contributed by atoms with van der Waals surface area (Å²) >= 11 is 1.66. The molecular weight excluding hydrogens is 308 g/mol. The summed E-state index contributed by atoms with van der Waals surface area (Å²) in [6.45, 7) is 7.48. The number of thioether (sulfide) groups is 1. The Morgan fingerprint density at radius 2 is 1.96 bits per heavy atom. The Morgan fingerprint density at radius 1 is 1.17 bits per heavy atom. The number of hydrogen-bond donors (Lipinski definition) is 0. The molecule has 0 bridgehead atoms. The van der Waals surface area contributed by atoms with Crippen LogP contribution in [0.2, 0.25) is 0 Å². The normalized spacial score (nSPS) is 11.7. The Morgan fingerprint density at radius 3 is 2.70 bits per heavy atom. The van der Waals surface area contributed by atoms with Crippen LogP contribution in [0.3, 0.4) is 0 Å². The summed E-state index contributed by atoms with van der Waals surface area (Å²) in [5.74, 6) is 2.66. The van der Waals surface area contributed by atoms with Gasteiger partial charge in [-0.25, -0.2) is 4.98 Å². The van der Waals surface area contributed by atoms with Crippen molar-refractivity contribution in [1.29, 1.82) is 0 Å². The van der Waals surface area contributed by atoms with Crippen molar-refractivity contribution in [3.8, 4) is 0 Å². The topological polar surface area (TPSA) is 56.7 Å². The van der Waals surface area contributed by atoms with Gasteiger partial charge in [-0.1, -0.05) is 44.7 Å². The lowest BCUT2D eigenvalue weighted by atomic mass is 10.1. The van der Waals surface area contributed by atoms with Crippen LogP contribution in [0.1, 0.15) is 39.0 Å². The molecule has 0 atom stereocenters. The molecule has 0 saturated heterocycles. The highest BCUT2D eigenvalue weighted by Gasteiger charge is 2.13. The van der Waals surface area contributed by atoms with Gasteiger partial charge in [0, 0.05) is 13.0 Å². The number of hydrogen-bond acceptors (Lipinski definition) is 5. The minimum Gasteiger partial charge on any atom is -0.424 e. The summed E-state index contributed by atoms with van der Waals surface area (Å²) in [4.78, 5) is 4.77. The zero-order valence-electron chi connectivity index (χ0n) is 13.8. The van der Waals surface area contributed by atoms with Gasteiger partial charge in [-0.05, 0) is 24.5 Å². The second kappa shape index (κ2) is 7.17. The van der Waals surface area contributed by atoms with Crippen LogP contribution in [0.4, 0.5) is 0 Å². The Hall–Kier alpha value is -1.82. The number of fused-ring (bicyclic) bond motifs is 1. The molecule has 122 valence electrons. The minimum atomic E-state index is 0.651. The van der Waals surface area contributed by atoms with Crippen molar-refractivity contribution in [1.82, 2.24) is 19.7 Å². The predicted molar refractivity (Wildman–Crippen MR) is 92.4 cm³/mol. The first kappa shape index (κ1) is 16.1. The van der Waals surface area contributed by atoms with Crippen LogP contribution >= 0.6 is 11.8 Å². The third-order valence-electron chi connectivity index (χ3n) is 3.69. The van der Waals surface area contributed by atoms with Crippen LogP contribution in [0.5, 0.6) is 0 Å². The van der Waals surface area contributed by atoms with Gasteiger partial charge in [0.05, 0.1) is 16.8 Å². The van der Waals surface area contributed by atoms with Crippen molar-refractivity contribution in [2.75, 3.05) is 0 Å². The number of rotatable bonds is 7. The van der Waals surface area contributed by atoms with E-state index in [1.54, 1.807) is 11.8 Å². The standard InChI is InChI=1S/C17H22N4OS/c1-4-15-19-20-16(22-15)11-23-17-18-13-7-5-6-8-14(13)21(17)10-9-12(2)3/h5-8,12H,4,9-11H2,1-3H3. The molecule has 0 amide bonds. The smallest absolute Gasteiger partial charge is 0.226 e. The number of aromatic nitrogens is 4. The van der Waals surface area contributed by atoms with Gasteiger partial charge in [0.25, 0.3) is 0 Å². The quantitative estimate of drug-likeness (QED) is 0.604. The van der Waals surface area contributed by atoms with E-state index in [9.17, 15) is 0 Å². The molecule has 6 heteroatoms. The van der Waals surface area contributed by atoms with Gasteiger partial charge >= 0.3 is 0 Å². The van der Waals surface area contributed by atoms with E-state index in [-0.39, 0.29) is 0 Å². The van der Waals surface area contributed by atoms with Crippen molar-refractivity contribution < 1.29 is 4.42 Å². The molecule has 0 saturated carbocycles. The summed E-state index contributed by atoms with van der Waals surface area (Å²) in [5.41, 5.74) is 2.23. The number of nitrogens with zero attached hydrogens (tertiary/aromatic N) is 4. The molecule has 3 aromatic rings. The highest BCUT2D eigenvalue weighted by molar-refractivity contribution is 7.98. The Bertz CT molecular complexity index is 778. The van der Waals surface area contributed by atoms with Gasteiger partial charge in [-0.3, -0.25) is 0 Å². The second-order valence-corrected chi connectivity index (χ2v) is 6.89. The van der Waals surface area contributed by atoms with E-state index in [0.717, 1.165) is 30.1 Å². The van der Waals surface area contributed by atoms with Gasteiger partial charge in [0.1, 0.15) is 0 Å². The molecule has 2 heterocycles. The van der Waals surface area contributed by atoms with E-state index in [1.807, 2.05) is 13.0 Å². The van der Waals surface area contributed by atoms with Crippen molar-refractivity contribution >= 4 is 22.8 Å². The maximum Gasteiger partial charge on any atom is 0.226 e. The fourth-order valence-electron chi connectivity index (χ4n) is 2.38. The van der Waals surface area contributed by atoms with Crippen LogP contribution in [-0.2, 0) is 18.7 Å². The summed E-state index contributed by atoms with van der Waals surface area (Å²) in [5, 5.41) is 9.12. The first-order valence-corrected chi connectivity index (χ1v) is 9.05. The lowest BCUT2D eigenvalue weighted by Gasteiger charge is -2.10.